The highest BCUT2D eigenvalue weighted by molar-refractivity contribution is 7.89. The quantitative estimate of drug-likeness (QED) is 0.830. The van der Waals surface area contributed by atoms with Gasteiger partial charge in [0.15, 0.2) is 0 Å². The van der Waals surface area contributed by atoms with Crippen molar-refractivity contribution in [3.05, 3.63) is 48.2 Å². The van der Waals surface area contributed by atoms with Crippen LogP contribution in [-0.2, 0) is 10.0 Å². The Bertz CT molecular complexity index is 816. The standard InChI is InChI=1S/C14H14N4O3S/c15-22(19,20)10-5-6-14(16-9-10)18-17-12-7-8-21-13-4-2-1-3-11(12)13/h1-6,9H,7-8H2,(H,16,18)(H2,15,19,20)/b17-12+. The lowest BCUT2D eigenvalue weighted by molar-refractivity contribution is 0.320. The summed E-state index contributed by atoms with van der Waals surface area (Å²) in [5.41, 5.74) is 4.61. The first kappa shape index (κ1) is 14.5. The van der Waals surface area contributed by atoms with Crippen molar-refractivity contribution in [3.63, 3.8) is 0 Å². The molecule has 1 aromatic heterocycles. The summed E-state index contributed by atoms with van der Waals surface area (Å²) in [5.74, 6) is 1.23. The fourth-order valence-electron chi connectivity index (χ4n) is 2.08. The summed E-state index contributed by atoms with van der Waals surface area (Å²) in [6.45, 7) is 0.565. The molecule has 0 radical (unpaired) electrons. The number of fused-ring (bicyclic) bond motifs is 1. The molecule has 22 heavy (non-hydrogen) atoms. The lowest BCUT2D eigenvalue weighted by atomic mass is 10.0. The van der Waals surface area contributed by atoms with Crippen molar-refractivity contribution in [3.8, 4) is 5.75 Å². The number of pyridine rings is 1. The van der Waals surface area contributed by atoms with Gasteiger partial charge in [-0.05, 0) is 24.3 Å². The molecule has 0 fully saturated rings. The van der Waals surface area contributed by atoms with Crippen LogP contribution in [0.4, 0.5) is 5.82 Å². The maximum atomic E-state index is 11.2. The second-order valence-corrected chi connectivity index (χ2v) is 6.25. The van der Waals surface area contributed by atoms with E-state index in [4.69, 9.17) is 9.88 Å². The average Bonchev–Trinajstić information content (AvgIpc) is 2.52. The van der Waals surface area contributed by atoms with Gasteiger partial charge >= 0.3 is 0 Å². The van der Waals surface area contributed by atoms with Gasteiger partial charge in [0.25, 0.3) is 0 Å². The van der Waals surface area contributed by atoms with Crippen LogP contribution in [0.15, 0.2) is 52.6 Å². The van der Waals surface area contributed by atoms with Gasteiger partial charge in [0.2, 0.25) is 10.0 Å². The van der Waals surface area contributed by atoms with E-state index in [0.717, 1.165) is 17.0 Å². The molecule has 0 amide bonds. The third-order valence-corrected chi connectivity index (χ3v) is 4.06. The number of nitrogens with zero attached hydrogens (tertiary/aromatic N) is 2. The molecule has 8 heteroatoms. The average molecular weight is 318 g/mol. The van der Waals surface area contributed by atoms with Crippen LogP contribution in [0, 0.1) is 0 Å². The highest BCUT2D eigenvalue weighted by atomic mass is 32.2. The zero-order valence-electron chi connectivity index (χ0n) is 11.6. The molecular weight excluding hydrogens is 304 g/mol. The normalized spacial score (nSPS) is 16.0. The number of aromatic nitrogens is 1. The molecule has 1 aliphatic heterocycles. The number of nitrogens with two attached hydrogens (primary N) is 1. The van der Waals surface area contributed by atoms with Gasteiger partial charge < -0.3 is 4.74 Å². The molecule has 3 rings (SSSR count). The van der Waals surface area contributed by atoms with Crippen molar-refractivity contribution in [2.24, 2.45) is 10.2 Å². The molecule has 7 nitrogen and oxygen atoms in total. The van der Waals surface area contributed by atoms with E-state index in [1.807, 2.05) is 24.3 Å². The minimum absolute atomic E-state index is 0.0397. The Balaban J connectivity index is 1.80. The smallest absolute Gasteiger partial charge is 0.239 e. The fraction of sp³-hybridized carbons (Fsp3) is 0.143. The summed E-state index contributed by atoms with van der Waals surface area (Å²) in [4.78, 5) is 3.94. The second kappa shape index (κ2) is 5.74. The molecule has 114 valence electrons. The number of hydrogen-bond donors (Lipinski definition) is 2. The lowest BCUT2D eigenvalue weighted by Gasteiger charge is -2.18. The van der Waals surface area contributed by atoms with Gasteiger partial charge in [-0.2, -0.15) is 5.10 Å². The predicted octanol–water partition coefficient (Wildman–Crippen LogP) is 1.33. The summed E-state index contributed by atoms with van der Waals surface area (Å²) in [7, 11) is -3.74. The van der Waals surface area contributed by atoms with Gasteiger partial charge in [-0.1, -0.05) is 12.1 Å². The summed E-state index contributed by atoms with van der Waals surface area (Å²) in [5, 5.41) is 9.35. The van der Waals surface area contributed by atoms with E-state index < -0.39 is 10.0 Å². The molecule has 0 saturated carbocycles. The van der Waals surface area contributed by atoms with Crippen LogP contribution < -0.4 is 15.3 Å². The minimum atomic E-state index is -3.74. The maximum absolute atomic E-state index is 11.2. The number of benzene rings is 1. The summed E-state index contributed by atoms with van der Waals surface area (Å²) >= 11 is 0. The van der Waals surface area contributed by atoms with Crippen LogP contribution >= 0.6 is 0 Å². The lowest BCUT2D eigenvalue weighted by Crippen LogP contribution is -2.17. The van der Waals surface area contributed by atoms with Crippen LogP contribution in [0.1, 0.15) is 12.0 Å². The number of ether oxygens (including phenoxy) is 1. The molecule has 2 heterocycles. The van der Waals surface area contributed by atoms with E-state index in [9.17, 15) is 8.42 Å². The zero-order chi connectivity index (χ0) is 15.6. The number of rotatable bonds is 3. The Labute approximate surface area is 127 Å². The molecule has 0 atom stereocenters. The molecule has 0 aliphatic carbocycles. The van der Waals surface area contributed by atoms with Gasteiger partial charge in [0, 0.05) is 18.2 Å². The number of hydrogen-bond acceptors (Lipinski definition) is 6. The van der Waals surface area contributed by atoms with Gasteiger partial charge in [0.05, 0.1) is 12.3 Å². The third-order valence-electron chi connectivity index (χ3n) is 3.16. The van der Waals surface area contributed by atoms with E-state index in [2.05, 4.69) is 15.5 Å². The molecule has 1 aromatic carbocycles. The summed E-state index contributed by atoms with van der Waals surface area (Å²) in [6.07, 6.45) is 1.87. The van der Waals surface area contributed by atoms with Crippen molar-refractivity contribution in [2.45, 2.75) is 11.3 Å². The van der Waals surface area contributed by atoms with E-state index >= 15 is 0 Å². The number of para-hydroxylation sites is 1. The van der Waals surface area contributed by atoms with Crippen LogP contribution in [0.25, 0.3) is 0 Å². The zero-order valence-corrected chi connectivity index (χ0v) is 12.4. The first-order chi connectivity index (χ1) is 10.5. The van der Waals surface area contributed by atoms with Crippen molar-refractivity contribution in [1.82, 2.24) is 4.98 Å². The van der Waals surface area contributed by atoms with Gasteiger partial charge in [0.1, 0.15) is 16.5 Å². The van der Waals surface area contributed by atoms with Crippen molar-refractivity contribution in [2.75, 3.05) is 12.0 Å². The topological polar surface area (TPSA) is 107 Å². The molecule has 0 unspecified atom stereocenters. The number of nitrogens with one attached hydrogen (secondary N) is 1. The highest BCUT2D eigenvalue weighted by Crippen LogP contribution is 2.24. The summed E-state index contributed by atoms with van der Waals surface area (Å²) < 4.78 is 27.9. The Morgan fingerprint density at radius 3 is 2.77 bits per heavy atom. The molecule has 0 spiro atoms. The number of hydrazone groups is 1. The first-order valence-corrected chi connectivity index (χ1v) is 8.12. The van der Waals surface area contributed by atoms with Crippen LogP contribution in [-0.4, -0.2) is 25.7 Å². The number of anilines is 1. The van der Waals surface area contributed by atoms with E-state index in [-0.39, 0.29) is 4.90 Å². The first-order valence-electron chi connectivity index (χ1n) is 6.58. The molecular formula is C14H14N4O3S. The van der Waals surface area contributed by atoms with Crippen molar-refractivity contribution < 1.29 is 13.2 Å². The predicted molar refractivity (Wildman–Crippen MR) is 82.3 cm³/mol. The third kappa shape index (κ3) is 3.07. The van der Waals surface area contributed by atoms with Crippen LogP contribution in [0.3, 0.4) is 0 Å². The Hall–Kier alpha value is -2.45. The fourth-order valence-corrected chi connectivity index (χ4v) is 2.54. The Morgan fingerprint density at radius 2 is 2.05 bits per heavy atom. The minimum Gasteiger partial charge on any atom is -0.492 e. The van der Waals surface area contributed by atoms with Crippen LogP contribution in [0.2, 0.25) is 0 Å². The Kier molecular flexibility index (Phi) is 3.78. The van der Waals surface area contributed by atoms with Crippen LogP contribution in [0.5, 0.6) is 5.75 Å². The molecule has 3 N–H and O–H groups in total. The van der Waals surface area contributed by atoms with E-state index in [1.54, 1.807) is 0 Å². The van der Waals surface area contributed by atoms with Gasteiger partial charge in [-0.3, -0.25) is 5.43 Å². The molecule has 1 aliphatic rings. The van der Waals surface area contributed by atoms with Gasteiger partial charge in [-0.15, -0.1) is 0 Å². The Morgan fingerprint density at radius 1 is 1.23 bits per heavy atom. The maximum Gasteiger partial charge on any atom is 0.239 e. The number of primary sulfonamides is 1. The van der Waals surface area contributed by atoms with Crippen molar-refractivity contribution >= 4 is 21.6 Å². The SMILES string of the molecule is NS(=O)(=O)c1ccc(N/N=C2\CCOc3ccccc32)nc1. The van der Waals surface area contributed by atoms with Crippen molar-refractivity contribution in [1.29, 1.82) is 0 Å². The number of sulfonamides is 1. The summed E-state index contributed by atoms with van der Waals surface area (Å²) in [6, 6.07) is 10.5. The van der Waals surface area contributed by atoms with E-state index in [0.29, 0.717) is 18.8 Å². The monoisotopic (exact) mass is 318 g/mol. The molecule has 0 bridgehead atoms. The largest absolute Gasteiger partial charge is 0.492 e. The van der Waals surface area contributed by atoms with Gasteiger partial charge in [-0.25, -0.2) is 18.5 Å². The molecule has 2 aromatic rings. The second-order valence-electron chi connectivity index (χ2n) is 4.69. The molecule has 0 saturated heterocycles. The highest BCUT2D eigenvalue weighted by Gasteiger charge is 2.16. The van der Waals surface area contributed by atoms with E-state index in [1.165, 1.54) is 18.3 Å².